The van der Waals surface area contributed by atoms with Crippen LogP contribution in [-0.4, -0.2) is 17.0 Å². The van der Waals surface area contributed by atoms with E-state index in [1.165, 1.54) is 27.1 Å². The first-order valence-corrected chi connectivity index (χ1v) is 8.22. The molecule has 0 saturated carbocycles. The first-order chi connectivity index (χ1) is 10.6. The van der Waals surface area contributed by atoms with E-state index in [-0.39, 0.29) is 5.54 Å². The second kappa shape index (κ2) is 4.82. The van der Waals surface area contributed by atoms with Gasteiger partial charge in [0.05, 0.1) is 0 Å². The van der Waals surface area contributed by atoms with Crippen molar-refractivity contribution in [2.75, 3.05) is 6.54 Å². The first kappa shape index (κ1) is 13.8. The minimum atomic E-state index is 0.227. The number of hydrogen-bond acceptors (Lipinski definition) is 1. The van der Waals surface area contributed by atoms with Gasteiger partial charge in [-0.1, -0.05) is 48.5 Å². The van der Waals surface area contributed by atoms with E-state index in [9.17, 15) is 0 Å². The molecule has 0 saturated heterocycles. The predicted molar refractivity (Wildman–Crippen MR) is 95.3 cm³/mol. The Kier molecular flexibility index (Phi) is 3.02. The quantitative estimate of drug-likeness (QED) is 0.517. The Hall–Kier alpha value is -1.86. The molecule has 1 aliphatic rings. The van der Waals surface area contributed by atoms with Crippen molar-refractivity contribution in [1.82, 2.24) is 4.90 Å². The van der Waals surface area contributed by atoms with Gasteiger partial charge in [0, 0.05) is 18.6 Å². The van der Waals surface area contributed by atoms with Crippen LogP contribution in [0, 0.1) is 0 Å². The molecule has 1 aliphatic heterocycles. The van der Waals surface area contributed by atoms with Gasteiger partial charge in [-0.25, -0.2) is 0 Å². The molecule has 0 aromatic heterocycles. The van der Waals surface area contributed by atoms with Gasteiger partial charge in [-0.2, -0.15) is 0 Å². The average Bonchev–Trinajstić information content (AvgIpc) is 2.54. The average molecular weight is 289 g/mol. The summed E-state index contributed by atoms with van der Waals surface area (Å²) in [5.41, 5.74) is 3.33. The summed E-state index contributed by atoms with van der Waals surface area (Å²) in [5.74, 6) is 0. The van der Waals surface area contributed by atoms with Crippen LogP contribution in [0.25, 0.3) is 21.5 Å². The molecule has 4 rings (SSSR count). The number of hydrogen-bond donors (Lipinski definition) is 0. The standard InChI is InChI=1S/C21H23N/c1-21(2,3)22-13-12-19-17-10-5-4-8-15(17)16-9-6-7-11-18(16)20(19)14-22/h4-11H,12-14H2,1-3H3. The summed E-state index contributed by atoms with van der Waals surface area (Å²) in [4.78, 5) is 2.61. The Bertz CT molecular complexity index is 855. The summed E-state index contributed by atoms with van der Waals surface area (Å²) in [6, 6.07) is 17.8. The van der Waals surface area contributed by atoms with Crippen molar-refractivity contribution in [1.29, 1.82) is 0 Å². The Balaban J connectivity index is 2.04. The third-order valence-electron chi connectivity index (χ3n) is 5.09. The van der Waals surface area contributed by atoms with E-state index in [1.54, 1.807) is 5.56 Å². The second-order valence-corrected chi connectivity index (χ2v) is 7.39. The maximum atomic E-state index is 2.61. The van der Waals surface area contributed by atoms with Crippen LogP contribution in [0.1, 0.15) is 31.9 Å². The fourth-order valence-electron chi connectivity index (χ4n) is 3.84. The van der Waals surface area contributed by atoms with E-state index in [0.29, 0.717) is 0 Å². The summed E-state index contributed by atoms with van der Waals surface area (Å²) in [5, 5.41) is 5.68. The zero-order chi connectivity index (χ0) is 15.3. The summed E-state index contributed by atoms with van der Waals surface area (Å²) < 4.78 is 0. The Labute approximate surface area is 132 Å². The molecule has 1 nitrogen and oxygen atoms in total. The van der Waals surface area contributed by atoms with Crippen LogP contribution in [0.2, 0.25) is 0 Å². The summed E-state index contributed by atoms with van der Waals surface area (Å²) in [6.45, 7) is 9.17. The molecule has 0 atom stereocenters. The highest BCUT2D eigenvalue weighted by molar-refractivity contribution is 6.10. The molecule has 0 aliphatic carbocycles. The maximum Gasteiger partial charge on any atom is 0.0248 e. The van der Waals surface area contributed by atoms with Crippen LogP contribution in [0.5, 0.6) is 0 Å². The zero-order valence-electron chi connectivity index (χ0n) is 13.7. The fraction of sp³-hybridized carbons (Fsp3) is 0.333. The Morgan fingerprint density at radius 1 is 0.727 bits per heavy atom. The van der Waals surface area contributed by atoms with Crippen molar-refractivity contribution in [3.63, 3.8) is 0 Å². The van der Waals surface area contributed by atoms with Gasteiger partial charge >= 0.3 is 0 Å². The van der Waals surface area contributed by atoms with Crippen molar-refractivity contribution in [3.05, 3.63) is 59.7 Å². The molecule has 0 radical (unpaired) electrons. The lowest BCUT2D eigenvalue weighted by molar-refractivity contribution is 0.122. The third-order valence-corrected chi connectivity index (χ3v) is 5.09. The molecule has 3 aromatic carbocycles. The summed E-state index contributed by atoms with van der Waals surface area (Å²) >= 11 is 0. The Morgan fingerprint density at radius 2 is 1.23 bits per heavy atom. The highest BCUT2D eigenvalue weighted by Gasteiger charge is 2.27. The maximum absolute atomic E-state index is 2.61. The van der Waals surface area contributed by atoms with Crippen LogP contribution in [0.4, 0.5) is 0 Å². The van der Waals surface area contributed by atoms with Gasteiger partial charge in [-0.05, 0) is 59.9 Å². The van der Waals surface area contributed by atoms with Gasteiger partial charge in [-0.15, -0.1) is 0 Å². The molecule has 0 fully saturated rings. The molecule has 22 heavy (non-hydrogen) atoms. The zero-order valence-corrected chi connectivity index (χ0v) is 13.7. The molecule has 0 amide bonds. The van der Waals surface area contributed by atoms with E-state index >= 15 is 0 Å². The number of rotatable bonds is 0. The minimum absolute atomic E-state index is 0.227. The highest BCUT2D eigenvalue weighted by Crippen LogP contribution is 2.37. The monoisotopic (exact) mass is 289 g/mol. The van der Waals surface area contributed by atoms with Crippen LogP contribution < -0.4 is 0 Å². The van der Waals surface area contributed by atoms with E-state index in [4.69, 9.17) is 0 Å². The first-order valence-electron chi connectivity index (χ1n) is 8.22. The largest absolute Gasteiger partial charge is 0.294 e. The van der Waals surface area contributed by atoms with Crippen molar-refractivity contribution >= 4 is 21.5 Å². The van der Waals surface area contributed by atoms with Crippen LogP contribution >= 0.6 is 0 Å². The summed E-state index contributed by atoms with van der Waals surface area (Å²) in [6.07, 6.45) is 1.15. The molecule has 112 valence electrons. The number of benzene rings is 3. The van der Waals surface area contributed by atoms with E-state index in [1.807, 2.05) is 0 Å². The van der Waals surface area contributed by atoms with Crippen LogP contribution in [0.15, 0.2) is 48.5 Å². The SMILES string of the molecule is CC(C)(C)N1CCc2c(c3ccccc3c3ccccc23)C1. The van der Waals surface area contributed by atoms with Crippen molar-refractivity contribution in [2.24, 2.45) is 0 Å². The fourth-order valence-corrected chi connectivity index (χ4v) is 3.84. The molecular formula is C21H23N. The Morgan fingerprint density at radius 3 is 1.77 bits per heavy atom. The molecule has 0 spiro atoms. The topological polar surface area (TPSA) is 3.24 Å². The lowest BCUT2D eigenvalue weighted by Gasteiger charge is -2.40. The van der Waals surface area contributed by atoms with Crippen LogP contribution in [-0.2, 0) is 13.0 Å². The van der Waals surface area contributed by atoms with Crippen molar-refractivity contribution in [3.8, 4) is 0 Å². The smallest absolute Gasteiger partial charge is 0.0248 e. The third kappa shape index (κ3) is 2.04. The molecule has 1 heterocycles. The van der Waals surface area contributed by atoms with E-state index in [2.05, 4.69) is 74.2 Å². The van der Waals surface area contributed by atoms with Gasteiger partial charge in [-0.3, -0.25) is 4.90 Å². The lowest BCUT2D eigenvalue weighted by atomic mass is 9.86. The van der Waals surface area contributed by atoms with E-state index < -0.39 is 0 Å². The minimum Gasteiger partial charge on any atom is -0.294 e. The van der Waals surface area contributed by atoms with Crippen molar-refractivity contribution in [2.45, 2.75) is 39.3 Å². The molecule has 1 heteroatoms. The van der Waals surface area contributed by atoms with Gasteiger partial charge in [0.25, 0.3) is 0 Å². The number of nitrogens with zero attached hydrogens (tertiary/aromatic N) is 1. The number of fused-ring (bicyclic) bond motifs is 6. The second-order valence-electron chi connectivity index (χ2n) is 7.39. The van der Waals surface area contributed by atoms with Gasteiger partial charge in [0.15, 0.2) is 0 Å². The predicted octanol–water partition coefficient (Wildman–Crippen LogP) is 5.15. The molecular weight excluding hydrogens is 266 g/mol. The molecule has 0 bridgehead atoms. The molecule has 3 aromatic rings. The van der Waals surface area contributed by atoms with Gasteiger partial charge < -0.3 is 0 Å². The lowest BCUT2D eigenvalue weighted by Crippen LogP contribution is -2.44. The van der Waals surface area contributed by atoms with E-state index in [0.717, 1.165) is 19.5 Å². The highest BCUT2D eigenvalue weighted by atomic mass is 15.2. The molecule has 0 N–H and O–H groups in total. The summed E-state index contributed by atoms with van der Waals surface area (Å²) in [7, 11) is 0. The van der Waals surface area contributed by atoms with Crippen molar-refractivity contribution < 1.29 is 0 Å². The molecule has 0 unspecified atom stereocenters. The van der Waals surface area contributed by atoms with Gasteiger partial charge in [0.1, 0.15) is 0 Å². The normalized spacial score (nSPS) is 16.1. The van der Waals surface area contributed by atoms with Crippen LogP contribution in [0.3, 0.4) is 0 Å². The van der Waals surface area contributed by atoms with Gasteiger partial charge in [0.2, 0.25) is 0 Å².